The number of hydrogen-bond acceptors (Lipinski definition) is 4. The zero-order valence-corrected chi connectivity index (χ0v) is 15.1. The van der Waals surface area contributed by atoms with E-state index in [1.165, 1.54) is 0 Å². The van der Waals surface area contributed by atoms with E-state index >= 15 is 0 Å². The number of halogens is 1. The normalized spacial score (nSPS) is 18.2. The molecule has 8 heteroatoms. The van der Waals surface area contributed by atoms with Gasteiger partial charge in [0.2, 0.25) is 5.91 Å². The SMILES string of the molecule is Cl.O=C1CCc2cc(NC(=O)C3(n4cccn4)CCNCC3)ccc2N1. The molecule has 0 atom stereocenters. The lowest BCUT2D eigenvalue weighted by Crippen LogP contribution is -2.52. The number of aryl methyl sites for hydroxylation is 1. The second kappa shape index (κ2) is 7.47. The molecule has 2 aromatic rings. The van der Waals surface area contributed by atoms with E-state index in [0.717, 1.165) is 30.0 Å². The molecule has 2 amide bonds. The fourth-order valence-electron chi connectivity index (χ4n) is 3.63. The Morgan fingerprint density at radius 3 is 2.77 bits per heavy atom. The van der Waals surface area contributed by atoms with E-state index in [4.69, 9.17) is 0 Å². The summed E-state index contributed by atoms with van der Waals surface area (Å²) in [5.41, 5.74) is 1.97. The first kappa shape index (κ1) is 18.4. The predicted octanol–water partition coefficient (Wildman–Crippen LogP) is 1.91. The highest BCUT2D eigenvalue weighted by Gasteiger charge is 2.42. The topological polar surface area (TPSA) is 88.0 Å². The summed E-state index contributed by atoms with van der Waals surface area (Å²) >= 11 is 0. The van der Waals surface area contributed by atoms with Crippen LogP contribution >= 0.6 is 12.4 Å². The minimum absolute atomic E-state index is 0. The van der Waals surface area contributed by atoms with Crippen LogP contribution in [0, 0.1) is 0 Å². The number of carbonyl (C=O) groups is 2. The predicted molar refractivity (Wildman–Crippen MR) is 102 cm³/mol. The molecule has 0 unspecified atom stereocenters. The van der Waals surface area contributed by atoms with Crippen molar-refractivity contribution in [1.29, 1.82) is 0 Å². The summed E-state index contributed by atoms with van der Waals surface area (Å²) in [5.74, 6) is -0.00544. The highest BCUT2D eigenvalue weighted by Crippen LogP contribution is 2.30. The number of rotatable bonds is 3. The van der Waals surface area contributed by atoms with Crippen LogP contribution in [0.15, 0.2) is 36.7 Å². The number of nitrogens with zero attached hydrogens (tertiary/aromatic N) is 2. The van der Waals surface area contributed by atoms with Crippen molar-refractivity contribution in [3.05, 3.63) is 42.2 Å². The molecule has 3 N–H and O–H groups in total. The van der Waals surface area contributed by atoms with Crippen molar-refractivity contribution in [2.24, 2.45) is 0 Å². The summed E-state index contributed by atoms with van der Waals surface area (Å²) in [4.78, 5) is 24.6. The molecule has 1 aromatic heterocycles. The van der Waals surface area contributed by atoms with Crippen molar-refractivity contribution in [2.75, 3.05) is 23.7 Å². The summed E-state index contributed by atoms with van der Waals surface area (Å²) in [6.45, 7) is 1.56. The molecule has 1 fully saturated rings. The number of fused-ring (bicyclic) bond motifs is 1. The number of amides is 2. The minimum Gasteiger partial charge on any atom is -0.326 e. The van der Waals surface area contributed by atoms with Gasteiger partial charge in [0.05, 0.1) is 0 Å². The molecular formula is C18H22ClN5O2. The molecule has 2 aliphatic heterocycles. The Balaban J connectivity index is 0.00000196. The maximum Gasteiger partial charge on any atom is 0.252 e. The van der Waals surface area contributed by atoms with Gasteiger partial charge in [0, 0.05) is 30.2 Å². The van der Waals surface area contributed by atoms with Gasteiger partial charge in [0.15, 0.2) is 0 Å². The summed E-state index contributed by atoms with van der Waals surface area (Å²) in [6.07, 6.45) is 6.13. The van der Waals surface area contributed by atoms with Crippen LogP contribution in [0.5, 0.6) is 0 Å². The fraction of sp³-hybridized carbons (Fsp3) is 0.389. The fourth-order valence-corrected chi connectivity index (χ4v) is 3.63. The summed E-state index contributed by atoms with van der Waals surface area (Å²) in [6, 6.07) is 7.48. The van der Waals surface area contributed by atoms with Gasteiger partial charge in [-0.05, 0) is 62.2 Å². The molecule has 7 nitrogen and oxygen atoms in total. The minimum atomic E-state index is -0.668. The Hall–Kier alpha value is -2.38. The third kappa shape index (κ3) is 3.32. The Morgan fingerprint density at radius 2 is 2.04 bits per heavy atom. The van der Waals surface area contributed by atoms with Crippen LogP contribution in [0.2, 0.25) is 0 Å². The molecule has 0 bridgehead atoms. The Kier molecular flexibility index (Phi) is 5.29. The maximum atomic E-state index is 13.1. The van der Waals surface area contributed by atoms with E-state index in [2.05, 4.69) is 21.0 Å². The van der Waals surface area contributed by atoms with Crippen LogP contribution in [0.3, 0.4) is 0 Å². The highest BCUT2D eigenvalue weighted by molar-refractivity contribution is 5.98. The molecule has 26 heavy (non-hydrogen) atoms. The van der Waals surface area contributed by atoms with Crippen LogP contribution in [0.25, 0.3) is 0 Å². The third-order valence-corrected chi connectivity index (χ3v) is 5.05. The van der Waals surface area contributed by atoms with Crippen molar-refractivity contribution >= 4 is 35.6 Å². The second-order valence-corrected chi connectivity index (χ2v) is 6.61. The zero-order valence-electron chi connectivity index (χ0n) is 14.3. The van der Waals surface area contributed by atoms with E-state index in [0.29, 0.717) is 25.7 Å². The molecule has 0 saturated carbocycles. The first-order valence-corrected chi connectivity index (χ1v) is 8.62. The van der Waals surface area contributed by atoms with E-state index in [1.54, 1.807) is 10.9 Å². The quantitative estimate of drug-likeness (QED) is 0.764. The molecule has 2 aliphatic rings. The van der Waals surface area contributed by atoms with Crippen molar-refractivity contribution in [1.82, 2.24) is 15.1 Å². The molecular weight excluding hydrogens is 354 g/mol. The van der Waals surface area contributed by atoms with Crippen LogP contribution in [0.1, 0.15) is 24.8 Å². The van der Waals surface area contributed by atoms with Gasteiger partial charge in [-0.1, -0.05) is 0 Å². The van der Waals surface area contributed by atoms with Crippen molar-refractivity contribution in [3.8, 4) is 0 Å². The van der Waals surface area contributed by atoms with Crippen LogP contribution in [0.4, 0.5) is 11.4 Å². The Morgan fingerprint density at radius 1 is 1.23 bits per heavy atom. The van der Waals surface area contributed by atoms with Gasteiger partial charge in [0.1, 0.15) is 5.54 Å². The molecule has 1 saturated heterocycles. The average molecular weight is 376 g/mol. The van der Waals surface area contributed by atoms with Crippen LogP contribution in [-0.4, -0.2) is 34.7 Å². The summed E-state index contributed by atoms with van der Waals surface area (Å²) in [7, 11) is 0. The smallest absolute Gasteiger partial charge is 0.252 e. The van der Waals surface area contributed by atoms with Crippen LogP contribution in [-0.2, 0) is 21.5 Å². The standard InChI is InChI=1S/C18H21N5O2.ClH/c24-16-5-2-13-12-14(3-4-15(13)22-16)21-17(25)18(6-9-19-10-7-18)23-11-1-8-20-23;/h1,3-4,8,11-12,19H,2,5-7,9-10H2,(H,21,25)(H,22,24);1H. The van der Waals surface area contributed by atoms with E-state index in [9.17, 15) is 9.59 Å². The number of aromatic nitrogens is 2. The van der Waals surface area contributed by atoms with Gasteiger partial charge in [-0.2, -0.15) is 5.10 Å². The molecule has 3 heterocycles. The highest BCUT2D eigenvalue weighted by atomic mass is 35.5. The molecule has 1 aromatic carbocycles. The van der Waals surface area contributed by atoms with Gasteiger partial charge in [0.25, 0.3) is 5.91 Å². The lowest BCUT2D eigenvalue weighted by molar-refractivity contribution is -0.126. The average Bonchev–Trinajstić information content (AvgIpc) is 3.17. The maximum absolute atomic E-state index is 13.1. The third-order valence-electron chi connectivity index (χ3n) is 5.05. The molecule has 0 spiro atoms. The van der Waals surface area contributed by atoms with Crippen LogP contribution < -0.4 is 16.0 Å². The van der Waals surface area contributed by atoms with E-state index in [1.807, 2.05) is 30.5 Å². The van der Waals surface area contributed by atoms with Crippen molar-refractivity contribution in [2.45, 2.75) is 31.2 Å². The number of piperidine rings is 1. The monoisotopic (exact) mass is 375 g/mol. The number of nitrogens with one attached hydrogen (secondary N) is 3. The number of benzene rings is 1. The first-order valence-electron chi connectivity index (χ1n) is 8.62. The lowest BCUT2D eigenvalue weighted by atomic mass is 9.87. The first-order chi connectivity index (χ1) is 12.2. The van der Waals surface area contributed by atoms with Gasteiger partial charge >= 0.3 is 0 Å². The molecule has 138 valence electrons. The second-order valence-electron chi connectivity index (χ2n) is 6.61. The van der Waals surface area contributed by atoms with Gasteiger partial charge < -0.3 is 16.0 Å². The zero-order chi connectivity index (χ0) is 17.3. The number of anilines is 2. The Bertz CT molecular complexity index is 800. The molecule has 4 rings (SSSR count). The number of carbonyl (C=O) groups excluding carboxylic acids is 2. The van der Waals surface area contributed by atoms with Crippen molar-refractivity contribution < 1.29 is 9.59 Å². The van der Waals surface area contributed by atoms with Gasteiger partial charge in [-0.15, -0.1) is 12.4 Å². The largest absolute Gasteiger partial charge is 0.326 e. The van der Waals surface area contributed by atoms with Gasteiger partial charge in [-0.25, -0.2) is 0 Å². The number of hydrogen-bond donors (Lipinski definition) is 3. The van der Waals surface area contributed by atoms with Crippen molar-refractivity contribution in [3.63, 3.8) is 0 Å². The van der Waals surface area contributed by atoms with E-state index in [-0.39, 0.29) is 24.2 Å². The Labute approximate surface area is 157 Å². The summed E-state index contributed by atoms with van der Waals surface area (Å²) < 4.78 is 1.78. The molecule has 0 radical (unpaired) electrons. The lowest BCUT2D eigenvalue weighted by Gasteiger charge is -2.36. The molecule has 0 aliphatic carbocycles. The van der Waals surface area contributed by atoms with E-state index < -0.39 is 5.54 Å². The summed E-state index contributed by atoms with van der Waals surface area (Å²) in [5, 5.41) is 13.6. The van der Waals surface area contributed by atoms with Gasteiger partial charge in [-0.3, -0.25) is 14.3 Å².